The molecule has 1 unspecified atom stereocenters. The molecule has 1 atom stereocenters. The van der Waals surface area contributed by atoms with Crippen LogP contribution in [-0.4, -0.2) is 78.2 Å². The van der Waals surface area contributed by atoms with Gasteiger partial charge in [0.1, 0.15) is 23.7 Å². The van der Waals surface area contributed by atoms with Crippen LogP contribution in [-0.2, 0) is 22.4 Å². The van der Waals surface area contributed by atoms with Crippen LogP contribution in [0.5, 0.6) is 5.75 Å². The Hall–Kier alpha value is -3.80. The second-order valence-electron chi connectivity index (χ2n) is 10.5. The van der Waals surface area contributed by atoms with Crippen molar-refractivity contribution in [2.45, 2.75) is 44.2 Å². The van der Waals surface area contributed by atoms with Crippen LogP contribution < -0.4 is 4.74 Å². The lowest BCUT2D eigenvalue weighted by Crippen LogP contribution is -2.35. The predicted octanol–water partition coefficient (Wildman–Crippen LogP) is 3.87. The Balaban J connectivity index is 1.25. The third kappa shape index (κ3) is 6.80. The third-order valence-electron chi connectivity index (χ3n) is 7.52. The average molecular weight is 526 g/mol. The second kappa shape index (κ2) is 12.4. The smallest absolute Gasteiger partial charge is 0.227 e. The van der Waals surface area contributed by atoms with E-state index in [4.69, 9.17) is 14.5 Å². The molecular formula is C31H35N5O3. The Kier molecular flexibility index (Phi) is 8.50. The molecule has 1 amide bonds. The number of likely N-dealkylation sites (N-methyl/N-ethyl adjacent to an activating group) is 1. The van der Waals surface area contributed by atoms with E-state index in [0.717, 1.165) is 54.7 Å². The van der Waals surface area contributed by atoms with E-state index < -0.39 is 0 Å². The van der Waals surface area contributed by atoms with Gasteiger partial charge in [-0.15, -0.1) is 0 Å². The fourth-order valence-electron chi connectivity index (χ4n) is 5.21. The van der Waals surface area contributed by atoms with E-state index in [1.165, 1.54) is 0 Å². The Morgan fingerprint density at radius 2 is 1.95 bits per heavy atom. The molecule has 8 heteroatoms. The van der Waals surface area contributed by atoms with E-state index in [9.17, 15) is 10.1 Å². The number of amides is 1. The van der Waals surface area contributed by atoms with Crippen molar-refractivity contribution in [2.75, 3.05) is 40.4 Å². The summed E-state index contributed by atoms with van der Waals surface area (Å²) < 4.78 is 11.5. The number of hydrogen-bond donors (Lipinski definition) is 0. The predicted molar refractivity (Wildman–Crippen MR) is 148 cm³/mol. The lowest BCUT2D eigenvalue weighted by Gasteiger charge is -2.23. The number of carbonyl (C=O) groups excluding carboxylic acids is 1. The zero-order valence-electron chi connectivity index (χ0n) is 22.7. The maximum atomic E-state index is 12.9. The Labute approximate surface area is 230 Å². The maximum absolute atomic E-state index is 12.9. The van der Waals surface area contributed by atoms with Crippen LogP contribution in [0.4, 0.5) is 0 Å². The fraction of sp³-hybridized carbons (Fsp3) is 0.419. The summed E-state index contributed by atoms with van der Waals surface area (Å²) in [4.78, 5) is 26.3. The maximum Gasteiger partial charge on any atom is 0.227 e. The van der Waals surface area contributed by atoms with Gasteiger partial charge < -0.3 is 19.3 Å². The lowest BCUT2D eigenvalue weighted by molar-refractivity contribution is -0.129. The number of hydrogen-bond acceptors (Lipinski definition) is 7. The largest absolute Gasteiger partial charge is 0.489 e. The summed E-state index contributed by atoms with van der Waals surface area (Å²) in [5.74, 6) is 1.46. The van der Waals surface area contributed by atoms with Crippen molar-refractivity contribution < 1.29 is 14.3 Å². The van der Waals surface area contributed by atoms with Gasteiger partial charge in [0.25, 0.3) is 0 Å². The number of nitrogens with zero attached hydrogens (tertiary/aromatic N) is 5. The molecule has 39 heavy (non-hydrogen) atoms. The molecule has 2 aliphatic heterocycles. The van der Waals surface area contributed by atoms with Gasteiger partial charge in [-0.25, -0.2) is 9.97 Å². The molecule has 0 spiro atoms. The van der Waals surface area contributed by atoms with Crippen molar-refractivity contribution in [3.63, 3.8) is 0 Å². The third-order valence-corrected chi connectivity index (χ3v) is 7.52. The van der Waals surface area contributed by atoms with E-state index >= 15 is 0 Å². The van der Waals surface area contributed by atoms with E-state index in [0.29, 0.717) is 49.2 Å². The highest BCUT2D eigenvalue weighted by atomic mass is 16.5. The highest BCUT2D eigenvalue weighted by Gasteiger charge is 2.27. The zero-order chi connectivity index (χ0) is 27.2. The average Bonchev–Trinajstić information content (AvgIpc) is 3.46. The van der Waals surface area contributed by atoms with Gasteiger partial charge in [0.05, 0.1) is 30.9 Å². The molecule has 0 aliphatic carbocycles. The number of likely N-dealkylation sites (tertiary alicyclic amines) is 1. The summed E-state index contributed by atoms with van der Waals surface area (Å²) in [6.45, 7) is 2.98. The SMILES string of the molecule is CN(C)C1CCN(C(=O)Cc2cccc(Cc3nccc(-c4ccc(OC5CCOCC5)c(C#N)c4)n3)c2)C1. The van der Waals surface area contributed by atoms with Crippen LogP contribution in [0.2, 0.25) is 0 Å². The summed E-state index contributed by atoms with van der Waals surface area (Å²) in [5.41, 5.74) is 4.15. The summed E-state index contributed by atoms with van der Waals surface area (Å²) in [6, 6.07) is 18.3. The Morgan fingerprint density at radius 3 is 2.72 bits per heavy atom. The first kappa shape index (κ1) is 26.8. The molecule has 3 heterocycles. The van der Waals surface area contributed by atoms with Crippen LogP contribution in [0.1, 0.15) is 41.8 Å². The van der Waals surface area contributed by atoms with Crippen LogP contribution in [0.15, 0.2) is 54.7 Å². The normalized spacial score (nSPS) is 17.8. The van der Waals surface area contributed by atoms with Gasteiger partial charge in [-0.1, -0.05) is 24.3 Å². The molecule has 0 saturated carbocycles. The minimum Gasteiger partial charge on any atom is -0.489 e. The second-order valence-corrected chi connectivity index (χ2v) is 10.5. The van der Waals surface area contributed by atoms with E-state index in [2.05, 4.69) is 36.1 Å². The first-order chi connectivity index (χ1) is 19.0. The zero-order valence-corrected chi connectivity index (χ0v) is 22.7. The van der Waals surface area contributed by atoms with Gasteiger partial charge in [0.2, 0.25) is 5.91 Å². The summed E-state index contributed by atoms with van der Waals surface area (Å²) in [5, 5.41) is 9.75. The van der Waals surface area contributed by atoms with Crippen LogP contribution in [0.3, 0.4) is 0 Å². The molecule has 3 aromatic rings. The Bertz CT molecular complexity index is 1350. The quantitative estimate of drug-likeness (QED) is 0.441. The number of ether oxygens (including phenoxy) is 2. The minimum absolute atomic E-state index is 0.0683. The molecule has 8 nitrogen and oxygen atoms in total. The van der Waals surface area contributed by atoms with Crippen LogP contribution in [0.25, 0.3) is 11.3 Å². The molecule has 2 fully saturated rings. The first-order valence-electron chi connectivity index (χ1n) is 13.6. The van der Waals surface area contributed by atoms with Crippen molar-refractivity contribution in [1.29, 1.82) is 5.26 Å². The summed E-state index contributed by atoms with van der Waals surface area (Å²) >= 11 is 0. The summed E-state index contributed by atoms with van der Waals surface area (Å²) in [6.07, 6.45) is 5.44. The molecule has 202 valence electrons. The standard InChI is InChI=1S/C31H35N5O3/c1-35(2)26-9-13-36(21-26)31(37)18-23-5-3-4-22(16-23)17-30-33-12-8-28(34-30)24-6-7-29(25(19-24)20-32)39-27-10-14-38-15-11-27/h3-8,12,16,19,26-27H,9-11,13-15,17-18,21H2,1-2H3. The lowest BCUT2D eigenvalue weighted by atomic mass is 10.0. The monoisotopic (exact) mass is 525 g/mol. The topological polar surface area (TPSA) is 91.6 Å². The molecule has 0 radical (unpaired) electrons. The van der Waals surface area contributed by atoms with Gasteiger partial charge in [0, 0.05) is 50.2 Å². The molecule has 2 aromatic carbocycles. The number of benzene rings is 2. The number of carbonyl (C=O) groups is 1. The Morgan fingerprint density at radius 1 is 1.13 bits per heavy atom. The number of aromatic nitrogens is 2. The molecule has 2 saturated heterocycles. The highest BCUT2D eigenvalue weighted by Crippen LogP contribution is 2.28. The van der Waals surface area contributed by atoms with Gasteiger partial charge in [-0.3, -0.25) is 4.79 Å². The van der Waals surface area contributed by atoms with E-state index in [1.807, 2.05) is 47.4 Å². The molecule has 2 aliphatic rings. The van der Waals surface area contributed by atoms with Gasteiger partial charge in [-0.05, 0) is 55.9 Å². The molecule has 1 aromatic heterocycles. The molecular weight excluding hydrogens is 490 g/mol. The van der Waals surface area contributed by atoms with Crippen LogP contribution in [0, 0.1) is 11.3 Å². The molecule has 0 bridgehead atoms. The van der Waals surface area contributed by atoms with Gasteiger partial charge in [-0.2, -0.15) is 5.26 Å². The minimum atomic E-state index is 0.0683. The number of rotatable bonds is 8. The van der Waals surface area contributed by atoms with E-state index in [1.54, 1.807) is 6.20 Å². The molecule has 0 N–H and O–H groups in total. The van der Waals surface area contributed by atoms with Crippen molar-refractivity contribution in [2.24, 2.45) is 0 Å². The van der Waals surface area contributed by atoms with Crippen LogP contribution >= 0.6 is 0 Å². The van der Waals surface area contributed by atoms with E-state index in [-0.39, 0.29) is 12.0 Å². The number of nitriles is 1. The first-order valence-corrected chi connectivity index (χ1v) is 13.6. The van der Waals surface area contributed by atoms with Crippen molar-refractivity contribution >= 4 is 5.91 Å². The van der Waals surface area contributed by atoms with Gasteiger partial charge >= 0.3 is 0 Å². The molecule has 5 rings (SSSR count). The summed E-state index contributed by atoms with van der Waals surface area (Å²) in [7, 11) is 4.14. The van der Waals surface area contributed by atoms with Gasteiger partial charge in [0.15, 0.2) is 0 Å². The fourth-order valence-corrected chi connectivity index (χ4v) is 5.21. The van der Waals surface area contributed by atoms with Crippen molar-refractivity contribution in [3.8, 4) is 23.1 Å². The highest BCUT2D eigenvalue weighted by molar-refractivity contribution is 5.79. The van der Waals surface area contributed by atoms with Crippen molar-refractivity contribution in [3.05, 3.63) is 77.2 Å². The van der Waals surface area contributed by atoms with Crippen molar-refractivity contribution in [1.82, 2.24) is 19.8 Å².